The highest BCUT2D eigenvalue weighted by atomic mass is 35.7. The van der Waals surface area contributed by atoms with Gasteiger partial charge in [-0.25, -0.2) is 18.6 Å². The third kappa shape index (κ3) is 7.33. The molecule has 0 saturated heterocycles. The predicted octanol–water partition coefficient (Wildman–Crippen LogP) is 5.34. The highest BCUT2D eigenvalue weighted by Crippen LogP contribution is 2.44. The molecule has 1 aliphatic heterocycles. The number of halogens is 1. The van der Waals surface area contributed by atoms with Crippen LogP contribution in [0.25, 0.3) is 37.1 Å². The van der Waals surface area contributed by atoms with E-state index in [-0.39, 0.29) is 0 Å². The first-order chi connectivity index (χ1) is 19.3. The van der Waals surface area contributed by atoms with Crippen LogP contribution < -0.4 is 18.6 Å². The molecule has 0 aliphatic carbocycles. The number of rotatable bonds is 4. The molecule has 1 aromatic heterocycles. The van der Waals surface area contributed by atoms with Crippen LogP contribution in [0.4, 0.5) is 0 Å². The molecule has 0 N–H and O–H groups in total. The molecule has 0 radical (unpaired) electrons. The van der Waals surface area contributed by atoms with Gasteiger partial charge in [0.15, 0.2) is 0 Å². The number of thioether (sulfide) groups is 1. The van der Waals surface area contributed by atoms with Crippen molar-refractivity contribution in [3.63, 3.8) is 0 Å². The van der Waals surface area contributed by atoms with Gasteiger partial charge in [-0.05, 0) is 52.6 Å². The first-order valence-corrected chi connectivity index (χ1v) is 15.2. The highest BCUT2D eigenvalue weighted by molar-refractivity contribution is 8.08. The molecule has 0 spiro atoms. The van der Waals surface area contributed by atoms with Crippen LogP contribution in [0.15, 0.2) is 138 Å². The summed E-state index contributed by atoms with van der Waals surface area (Å²) in [5.74, 6) is 0. The van der Waals surface area contributed by atoms with Crippen LogP contribution in [0.3, 0.4) is 0 Å². The van der Waals surface area contributed by atoms with Crippen molar-refractivity contribution in [3.8, 4) is 10.4 Å². The fourth-order valence-corrected chi connectivity index (χ4v) is 6.58. The second-order valence-corrected chi connectivity index (χ2v) is 11.7. The minimum Gasteiger partial charge on any atom is -0.222 e. The third-order valence-electron chi connectivity index (χ3n) is 6.08. The van der Waals surface area contributed by atoms with E-state index in [0.717, 1.165) is 0 Å². The van der Waals surface area contributed by atoms with Gasteiger partial charge in [-0.1, -0.05) is 109 Å². The molecule has 198 valence electrons. The normalized spacial score (nSPS) is 14.0. The second kappa shape index (κ2) is 12.7. The molecule has 6 rings (SSSR count). The monoisotopic (exact) mass is 582 g/mol. The Hall–Kier alpha value is -3.59. The molecule has 2 heterocycles. The maximum Gasteiger partial charge on any atom is 0.239 e. The lowest BCUT2D eigenvalue weighted by molar-refractivity contribution is -2.00. The maximum absolute atomic E-state index is 8.49. The van der Waals surface area contributed by atoms with E-state index in [0.29, 0.717) is 0 Å². The van der Waals surface area contributed by atoms with Crippen molar-refractivity contribution in [1.82, 2.24) is 0 Å². The average molecular weight is 583 g/mol. The molecule has 4 aromatic carbocycles. The standard InChI is InChI=1S/C33H23S2.ClHO4/c1-3-12-24(13-4-1)32-22-26(28-18-7-9-20-30(28)34-32)16-11-17-27-23-33(25-14-5-2-6-15-25)35-31-21-10-8-19-29(27)31;2-1(3,4)5/h1-23H;(H,2,3,4,5)/q+1;/p-1. The maximum atomic E-state index is 8.49. The van der Waals surface area contributed by atoms with Gasteiger partial charge < -0.3 is 0 Å². The molecule has 0 saturated carbocycles. The van der Waals surface area contributed by atoms with Gasteiger partial charge in [0.1, 0.15) is 0 Å². The van der Waals surface area contributed by atoms with Gasteiger partial charge in [0.2, 0.25) is 20.9 Å². The molecule has 4 nitrogen and oxygen atoms in total. The summed E-state index contributed by atoms with van der Waals surface area (Å²) in [6, 6.07) is 40.9. The Kier molecular flexibility index (Phi) is 8.89. The summed E-state index contributed by atoms with van der Waals surface area (Å²) >= 11 is 3.69. The second-order valence-electron chi connectivity index (χ2n) is 8.76. The molecule has 7 heteroatoms. The van der Waals surface area contributed by atoms with Crippen molar-refractivity contribution in [2.45, 2.75) is 4.90 Å². The number of fused-ring (bicyclic) bond motifs is 2. The van der Waals surface area contributed by atoms with Crippen molar-refractivity contribution < 1.29 is 28.9 Å². The lowest BCUT2D eigenvalue weighted by atomic mass is 10.0. The van der Waals surface area contributed by atoms with Crippen LogP contribution in [0.2, 0.25) is 0 Å². The van der Waals surface area contributed by atoms with Crippen molar-refractivity contribution in [2.24, 2.45) is 0 Å². The molecule has 0 unspecified atom stereocenters. The fourth-order valence-electron chi connectivity index (χ4n) is 4.34. The number of benzene rings is 4. The van der Waals surface area contributed by atoms with Crippen LogP contribution in [0, 0.1) is 10.2 Å². The quantitative estimate of drug-likeness (QED) is 0.267. The smallest absolute Gasteiger partial charge is 0.222 e. The molecular weight excluding hydrogens is 560 g/mol. The van der Waals surface area contributed by atoms with Crippen LogP contribution in [0.1, 0.15) is 16.7 Å². The Morgan fingerprint density at radius 2 is 1.27 bits per heavy atom. The summed E-state index contributed by atoms with van der Waals surface area (Å²) in [6.45, 7) is 0. The van der Waals surface area contributed by atoms with Gasteiger partial charge in [-0.15, -0.1) is 10.2 Å². The topological polar surface area (TPSA) is 92.2 Å². The van der Waals surface area contributed by atoms with E-state index >= 15 is 0 Å². The van der Waals surface area contributed by atoms with Crippen LogP contribution >= 0.6 is 23.1 Å². The van der Waals surface area contributed by atoms with Gasteiger partial charge in [-0.3, -0.25) is 0 Å². The average Bonchev–Trinajstić information content (AvgIpc) is 2.97. The first kappa shape index (κ1) is 28.0. The Bertz CT molecular complexity index is 1700. The van der Waals surface area contributed by atoms with Crippen LogP contribution in [-0.4, -0.2) is 0 Å². The number of allylic oxidation sites excluding steroid dienone is 4. The van der Waals surface area contributed by atoms with Crippen molar-refractivity contribution in [3.05, 3.63) is 150 Å². The number of hydrogen-bond acceptors (Lipinski definition) is 5. The molecule has 0 bridgehead atoms. The SMILES string of the molecule is C1=C(c2ccccc2)Sc2ccccc2/C1=C/C=C/c1cc(-c2ccccc2)[s+]c2ccccc12.[O-][Cl+3]([O-])([O-])[O-]. The zero-order valence-electron chi connectivity index (χ0n) is 21.1. The van der Waals surface area contributed by atoms with Crippen molar-refractivity contribution >= 4 is 49.7 Å². The number of hydrogen-bond donors (Lipinski definition) is 0. The first-order valence-electron chi connectivity index (χ1n) is 12.3. The lowest BCUT2D eigenvalue weighted by Gasteiger charge is -2.18. The van der Waals surface area contributed by atoms with Gasteiger partial charge in [0.05, 0.1) is 0 Å². The molecule has 5 aromatic rings. The Labute approximate surface area is 243 Å². The molecule has 0 amide bonds. The summed E-state index contributed by atoms with van der Waals surface area (Å²) in [6.07, 6.45) is 9.00. The third-order valence-corrected chi connectivity index (χ3v) is 8.38. The molecular formula is C33H23ClO4S2. The fraction of sp³-hybridized carbons (Fsp3) is 0. The molecule has 0 fully saturated rings. The minimum absolute atomic E-state index is 1.24. The molecule has 40 heavy (non-hydrogen) atoms. The Balaban J connectivity index is 0.000000595. The van der Waals surface area contributed by atoms with Crippen molar-refractivity contribution in [1.29, 1.82) is 0 Å². The highest BCUT2D eigenvalue weighted by Gasteiger charge is 2.17. The van der Waals surface area contributed by atoms with E-state index < -0.39 is 10.2 Å². The van der Waals surface area contributed by atoms with E-state index in [1.807, 2.05) is 23.1 Å². The van der Waals surface area contributed by atoms with E-state index in [9.17, 15) is 0 Å². The summed E-state index contributed by atoms with van der Waals surface area (Å²) in [5, 5.41) is 1.28. The molecule has 1 aliphatic rings. The Morgan fingerprint density at radius 3 is 2.00 bits per heavy atom. The van der Waals surface area contributed by atoms with Gasteiger partial charge in [0, 0.05) is 32.9 Å². The largest absolute Gasteiger partial charge is 0.239 e. The summed E-state index contributed by atoms with van der Waals surface area (Å²) < 4.78 is 35.3. The van der Waals surface area contributed by atoms with Crippen LogP contribution in [0.5, 0.6) is 0 Å². The lowest BCUT2D eigenvalue weighted by Crippen LogP contribution is -2.68. The van der Waals surface area contributed by atoms with Gasteiger partial charge in [0.25, 0.3) is 0 Å². The van der Waals surface area contributed by atoms with Gasteiger partial charge >= 0.3 is 0 Å². The van der Waals surface area contributed by atoms with E-state index in [1.165, 1.54) is 52.6 Å². The van der Waals surface area contributed by atoms with Crippen molar-refractivity contribution in [2.75, 3.05) is 0 Å². The minimum atomic E-state index is -4.94. The molecule has 0 atom stereocenters. The summed E-state index contributed by atoms with van der Waals surface area (Å²) in [4.78, 5) is 3.86. The van der Waals surface area contributed by atoms with E-state index in [4.69, 9.17) is 18.6 Å². The van der Waals surface area contributed by atoms with Crippen LogP contribution in [-0.2, 0) is 0 Å². The zero-order valence-corrected chi connectivity index (χ0v) is 23.5. The summed E-state index contributed by atoms with van der Waals surface area (Å²) in [5.41, 5.74) is 6.27. The zero-order chi connectivity index (χ0) is 28.0. The van der Waals surface area contributed by atoms with E-state index in [2.05, 4.69) is 140 Å². The summed E-state index contributed by atoms with van der Waals surface area (Å²) in [7, 11) is -4.94. The van der Waals surface area contributed by atoms with Gasteiger partial charge in [-0.2, -0.15) is 0 Å². The predicted molar refractivity (Wildman–Crippen MR) is 155 cm³/mol. The van der Waals surface area contributed by atoms with E-state index in [1.54, 1.807) is 0 Å². The Morgan fingerprint density at radius 1 is 0.675 bits per heavy atom.